The van der Waals surface area contributed by atoms with Crippen LogP contribution in [-0.2, 0) is 6.42 Å². The van der Waals surface area contributed by atoms with E-state index in [0.717, 1.165) is 18.4 Å². The minimum atomic E-state index is -0.144. The van der Waals surface area contributed by atoms with Gasteiger partial charge >= 0.3 is 0 Å². The number of hydrogen-bond donors (Lipinski definition) is 1. The van der Waals surface area contributed by atoms with Crippen molar-refractivity contribution in [3.63, 3.8) is 0 Å². The normalized spacial score (nSPS) is 21.4. The molecule has 98 valence electrons. The van der Waals surface area contributed by atoms with Crippen molar-refractivity contribution in [1.29, 1.82) is 0 Å². The van der Waals surface area contributed by atoms with Gasteiger partial charge < -0.3 is 5.32 Å². The molecule has 0 spiro atoms. The van der Waals surface area contributed by atoms with Gasteiger partial charge in [-0.1, -0.05) is 36.4 Å². The second-order valence-corrected chi connectivity index (χ2v) is 5.24. The molecule has 0 heterocycles. The summed E-state index contributed by atoms with van der Waals surface area (Å²) in [5.41, 5.74) is 3.88. The predicted octanol–water partition coefficient (Wildman–Crippen LogP) is 3.82. The quantitative estimate of drug-likeness (QED) is 0.879. The summed E-state index contributed by atoms with van der Waals surface area (Å²) in [6.07, 6.45) is 2.00. The Labute approximate surface area is 113 Å². The minimum Gasteiger partial charge on any atom is -0.313 e. The van der Waals surface area contributed by atoms with E-state index in [9.17, 15) is 4.39 Å². The Balaban J connectivity index is 1.87. The van der Waals surface area contributed by atoms with Crippen molar-refractivity contribution in [2.24, 2.45) is 0 Å². The van der Waals surface area contributed by atoms with E-state index >= 15 is 0 Å². The van der Waals surface area contributed by atoms with Gasteiger partial charge in [0.2, 0.25) is 0 Å². The lowest BCUT2D eigenvalue weighted by Crippen LogP contribution is -2.13. The molecule has 2 aromatic carbocycles. The molecule has 2 atom stereocenters. The second kappa shape index (κ2) is 5.14. The highest BCUT2D eigenvalue weighted by atomic mass is 19.1. The molecule has 2 aromatic rings. The smallest absolute Gasteiger partial charge is 0.123 e. The first-order chi connectivity index (χ1) is 9.28. The van der Waals surface area contributed by atoms with Crippen LogP contribution in [-0.4, -0.2) is 7.05 Å². The van der Waals surface area contributed by atoms with E-state index in [1.54, 1.807) is 12.1 Å². The highest BCUT2D eigenvalue weighted by molar-refractivity contribution is 5.39. The van der Waals surface area contributed by atoms with Gasteiger partial charge in [-0.3, -0.25) is 0 Å². The van der Waals surface area contributed by atoms with Crippen molar-refractivity contribution in [2.75, 3.05) is 7.05 Å². The molecular formula is C17H18FN. The summed E-state index contributed by atoms with van der Waals surface area (Å²) in [4.78, 5) is 0. The van der Waals surface area contributed by atoms with E-state index in [0.29, 0.717) is 12.0 Å². The first kappa shape index (κ1) is 12.4. The van der Waals surface area contributed by atoms with Crippen molar-refractivity contribution in [3.8, 4) is 0 Å². The van der Waals surface area contributed by atoms with E-state index in [-0.39, 0.29) is 5.82 Å². The van der Waals surface area contributed by atoms with Crippen molar-refractivity contribution in [3.05, 3.63) is 71.0 Å². The van der Waals surface area contributed by atoms with Gasteiger partial charge in [0.15, 0.2) is 0 Å². The van der Waals surface area contributed by atoms with E-state index < -0.39 is 0 Å². The monoisotopic (exact) mass is 255 g/mol. The molecule has 0 saturated heterocycles. The average Bonchev–Trinajstić information content (AvgIpc) is 2.77. The Morgan fingerprint density at radius 2 is 1.89 bits per heavy atom. The number of fused-ring (bicyclic) bond motifs is 1. The lowest BCUT2D eigenvalue weighted by atomic mass is 9.93. The summed E-state index contributed by atoms with van der Waals surface area (Å²) < 4.78 is 13.3. The van der Waals surface area contributed by atoms with Gasteiger partial charge in [-0.2, -0.15) is 0 Å². The zero-order valence-electron chi connectivity index (χ0n) is 11.1. The molecule has 19 heavy (non-hydrogen) atoms. The van der Waals surface area contributed by atoms with Crippen molar-refractivity contribution >= 4 is 0 Å². The molecule has 0 unspecified atom stereocenters. The maximum Gasteiger partial charge on any atom is 0.123 e. The van der Waals surface area contributed by atoms with Crippen LogP contribution in [0.5, 0.6) is 0 Å². The third kappa shape index (κ3) is 2.41. The number of nitrogens with one attached hydrogen (secondary N) is 1. The summed E-state index contributed by atoms with van der Waals surface area (Å²) in [6.45, 7) is 0. The van der Waals surface area contributed by atoms with Crippen LogP contribution in [0, 0.1) is 5.82 Å². The Morgan fingerprint density at radius 1 is 1.11 bits per heavy atom. The van der Waals surface area contributed by atoms with Crippen LogP contribution in [0.25, 0.3) is 0 Å². The van der Waals surface area contributed by atoms with Gasteiger partial charge in [0.1, 0.15) is 5.82 Å². The van der Waals surface area contributed by atoms with Crippen molar-refractivity contribution in [2.45, 2.75) is 24.8 Å². The molecule has 0 radical (unpaired) electrons. The standard InChI is InChI=1S/C17H18FN/c1-19-17-11-13(15-7-2-3-8-16(15)17)9-12-5-4-6-14(18)10-12/h2-8,10,13,17,19H,9,11H2,1H3/t13-,17+/m1/s1. The highest BCUT2D eigenvalue weighted by Gasteiger charge is 2.29. The first-order valence-corrected chi connectivity index (χ1v) is 6.78. The number of rotatable bonds is 3. The Morgan fingerprint density at radius 3 is 2.63 bits per heavy atom. The third-order valence-corrected chi connectivity index (χ3v) is 4.05. The van der Waals surface area contributed by atoms with Gasteiger partial charge in [0.25, 0.3) is 0 Å². The van der Waals surface area contributed by atoms with Crippen LogP contribution in [0.4, 0.5) is 4.39 Å². The average molecular weight is 255 g/mol. The molecule has 1 N–H and O–H groups in total. The summed E-state index contributed by atoms with van der Waals surface area (Å²) in [5, 5.41) is 3.37. The summed E-state index contributed by atoms with van der Waals surface area (Å²) in [7, 11) is 2.01. The molecule has 3 rings (SSSR count). The van der Waals surface area contributed by atoms with E-state index in [1.165, 1.54) is 17.2 Å². The topological polar surface area (TPSA) is 12.0 Å². The van der Waals surface area contributed by atoms with Gasteiger partial charge in [-0.05, 0) is 54.6 Å². The number of hydrogen-bond acceptors (Lipinski definition) is 1. The maximum atomic E-state index is 13.3. The lowest BCUT2D eigenvalue weighted by Gasteiger charge is -2.12. The SMILES string of the molecule is CN[C@H]1C[C@@H](Cc2cccc(F)c2)c2ccccc21. The molecule has 0 aromatic heterocycles. The fourth-order valence-electron chi connectivity index (χ4n) is 3.15. The molecule has 0 aliphatic heterocycles. The molecule has 1 aliphatic rings. The molecule has 1 nitrogen and oxygen atoms in total. The van der Waals surface area contributed by atoms with Crippen LogP contribution in [0.3, 0.4) is 0 Å². The molecule has 0 amide bonds. The van der Waals surface area contributed by atoms with Gasteiger partial charge in [-0.15, -0.1) is 0 Å². The van der Waals surface area contributed by atoms with Gasteiger partial charge in [0, 0.05) is 6.04 Å². The first-order valence-electron chi connectivity index (χ1n) is 6.78. The Kier molecular flexibility index (Phi) is 3.34. The second-order valence-electron chi connectivity index (χ2n) is 5.24. The number of benzene rings is 2. The molecule has 0 bridgehead atoms. The fraction of sp³-hybridized carbons (Fsp3) is 0.294. The van der Waals surface area contributed by atoms with E-state index in [4.69, 9.17) is 0 Å². The van der Waals surface area contributed by atoms with Crippen molar-refractivity contribution < 1.29 is 4.39 Å². The van der Waals surface area contributed by atoms with Crippen LogP contribution >= 0.6 is 0 Å². The van der Waals surface area contributed by atoms with E-state index in [1.807, 2.05) is 13.1 Å². The molecule has 0 fully saturated rings. The van der Waals surface area contributed by atoms with Crippen LogP contribution in [0.1, 0.15) is 35.1 Å². The predicted molar refractivity (Wildman–Crippen MR) is 75.7 cm³/mol. The summed E-state index contributed by atoms with van der Waals surface area (Å²) >= 11 is 0. The van der Waals surface area contributed by atoms with Gasteiger partial charge in [0.05, 0.1) is 0 Å². The number of halogens is 1. The van der Waals surface area contributed by atoms with Crippen LogP contribution < -0.4 is 5.32 Å². The minimum absolute atomic E-state index is 0.144. The maximum absolute atomic E-state index is 13.3. The zero-order valence-corrected chi connectivity index (χ0v) is 11.1. The molecule has 2 heteroatoms. The zero-order chi connectivity index (χ0) is 13.2. The van der Waals surface area contributed by atoms with Gasteiger partial charge in [-0.25, -0.2) is 4.39 Å². The molecule has 1 aliphatic carbocycles. The van der Waals surface area contributed by atoms with Crippen LogP contribution in [0.2, 0.25) is 0 Å². The largest absolute Gasteiger partial charge is 0.313 e. The van der Waals surface area contributed by atoms with Crippen LogP contribution in [0.15, 0.2) is 48.5 Å². The Bertz CT molecular complexity index is 579. The molecular weight excluding hydrogens is 237 g/mol. The summed E-state index contributed by atoms with van der Waals surface area (Å²) in [5.74, 6) is 0.337. The third-order valence-electron chi connectivity index (χ3n) is 4.05. The van der Waals surface area contributed by atoms with E-state index in [2.05, 4.69) is 29.6 Å². The summed E-state index contributed by atoms with van der Waals surface area (Å²) in [6, 6.07) is 16.0. The fourth-order valence-corrected chi connectivity index (χ4v) is 3.15. The molecule has 0 saturated carbocycles. The highest BCUT2D eigenvalue weighted by Crippen LogP contribution is 2.41. The Hall–Kier alpha value is -1.67. The lowest BCUT2D eigenvalue weighted by molar-refractivity contribution is 0.531. The van der Waals surface area contributed by atoms with Crippen molar-refractivity contribution in [1.82, 2.24) is 5.32 Å².